The van der Waals surface area contributed by atoms with Crippen LogP contribution < -0.4 is 0 Å². The van der Waals surface area contributed by atoms with Gasteiger partial charge in [-0.1, -0.05) is 41.4 Å². The molecular formula is C19H18ClN5O3S. The van der Waals surface area contributed by atoms with Crippen molar-refractivity contribution in [3.63, 3.8) is 0 Å². The molecular weight excluding hydrogens is 414 g/mol. The van der Waals surface area contributed by atoms with Crippen molar-refractivity contribution >= 4 is 35.4 Å². The Bertz CT molecular complexity index is 1120. The highest BCUT2D eigenvalue weighted by atomic mass is 35.5. The predicted molar refractivity (Wildman–Crippen MR) is 112 cm³/mol. The van der Waals surface area contributed by atoms with Gasteiger partial charge in [0.05, 0.1) is 4.92 Å². The number of halogens is 1. The molecule has 1 amide bonds. The van der Waals surface area contributed by atoms with Gasteiger partial charge in [-0.3, -0.25) is 24.6 Å². The van der Waals surface area contributed by atoms with Gasteiger partial charge in [-0.2, -0.15) is 5.10 Å². The van der Waals surface area contributed by atoms with E-state index >= 15 is 0 Å². The van der Waals surface area contributed by atoms with Crippen LogP contribution in [-0.4, -0.2) is 37.5 Å². The van der Waals surface area contributed by atoms with E-state index in [0.29, 0.717) is 21.2 Å². The van der Waals surface area contributed by atoms with Gasteiger partial charge in [-0.05, 0) is 30.8 Å². The Morgan fingerprint density at radius 3 is 2.66 bits per heavy atom. The number of nitro groups is 1. The van der Waals surface area contributed by atoms with Crippen LogP contribution in [0.2, 0.25) is 5.02 Å². The molecule has 1 heterocycles. The SMILES string of the molecule is Cc1ccc(-c2n[nH]c(=S)n2CC(=O)N(C)Cc2cc([N+](=O)[O-])ccc2Cl)cc1. The molecule has 0 spiro atoms. The fraction of sp³-hybridized carbons (Fsp3) is 0.211. The molecule has 0 saturated carbocycles. The van der Waals surface area contributed by atoms with Gasteiger partial charge >= 0.3 is 0 Å². The van der Waals surface area contributed by atoms with Gasteiger partial charge in [0.2, 0.25) is 5.91 Å². The number of carbonyl (C=O) groups excluding carboxylic acids is 1. The van der Waals surface area contributed by atoms with Crippen LogP contribution in [0.15, 0.2) is 42.5 Å². The van der Waals surface area contributed by atoms with Crippen LogP contribution in [0.4, 0.5) is 5.69 Å². The summed E-state index contributed by atoms with van der Waals surface area (Å²) in [6, 6.07) is 11.9. The number of hydrogen-bond donors (Lipinski definition) is 1. The molecule has 0 aliphatic rings. The molecule has 0 unspecified atom stereocenters. The predicted octanol–water partition coefficient (Wildman–Crippen LogP) is 4.14. The van der Waals surface area contributed by atoms with Crippen molar-refractivity contribution in [3.8, 4) is 11.4 Å². The number of carbonyl (C=O) groups is 1. The molecule has 1 N–H and O–H groups in total. The first-order chi connectivity index (χ1) is 13.8. The summed E-state index contributed by atoms with van der Waals surface area (Å²) < 4.78 is 1.95. The maximum Gasteiger partial charge on any atom is 0.269 e. The molecule has 3 rings (SSSR count). The monoisotopic (exact) mass is 431 g/mol. The Balaban J connectivity index is 1.80. The van der Waals surface area contributed by atoms with Gasteiger partial charge in [0.15, 0.2) is 10.6 Å². The second-order valence-electron chi connectivity index (χ2n) is 6.59. The zero-order valence-electron chi connectivity index (χ0n) is 15.8. The molecule has 1 aromatic heterocycles. The first kappa shape index (κ1) is 20.7. The van der Waals surface area contributed by atoms with Gasteiger partial charge in [-0.25, -0.2) is 0 Å². The van der Waals surface area contributed by atoms with Gasteiger partial charge in [0.1, 0.15) is 6.54 Å². The average molecular weight is 432 g/mol. The van der Waals surface area contributed by atoms with Crippen molar-refractivity contribution in [2.24, 2.45) is 0 Å². The lowest BCUT2D eigenvalue weighted by molar-refractivity contribution is -0.384. The number of aryl methyl sites for hydroxylation is 1. The normalized spacial score (nSPS) is 10.7. The molecule has 150 valence electrons. The molecule has 2 aromatic carbocycles. The number of nitrogens with zero attached hydrogens (tertiary/aromatic N) is 4. The summed E-state index contributed by atoms with van der Waals surface area (Å²) in [5.74, 6) is 0.323. The lowest BCUT2D eigenvalue weighted by Crippen LogP contribution is -2.30. The van der Waals surface area contributed by atoms with E-state index in [1.54, 1.807) is 11.6 Å². The summed E-state index contributed by atoms with van der Waals surface area (Å²) in [6.45, 7) is 2.09. The van der Waals surface area contributed by atoms with Crippen molar-refractivity contribution < 1.29 is 9.72 Å². The van der Waals surface area contributed by atoms with Crippen LogP contribution in [0.3, 0.4) is 0 Å². The highest BCUT2D eigenvalue weighted by molar-refractivity contribution is 7.71. The number of nitrogens with one attached hydrogen (secondary N) is 1. The Morgan fingerprint density at radius 2 is 2.00 bits per heavy atom. The molecule has 8 nitrogen and oxygen atoms in total. The third-order valence-electron chi connectivity index (χ3n) is 4.43. The van der Waals surface area contributed by atoms with Crippen LogP contribution in [-0.2, 0) is 17.9 Å². The zero-order chi connectivity index (χ0) is 21.1. The molecule has 0 bridgehead atoms. The van der Waals surface area contributed by atoms with Crippen molar-refractivity contribution in [1.29, 1.82) is 0 Å². The summed E-state index contributed by atoms with van der Waals surface area (Å²) >= 11 is 11.4. The Hall–Kier alpha value is -3.04. The number of benzene rings is 2. The fourth-order valence-corrected chi connectivity index (χ4v) is 3.16. The number of amides is 1. The number of aromatic nitrogens is 3. The molecule has 29 heavy (non-hydrogen) atoms. The molecule has 0 fully saturated rings. The summed E-state index contributed by atoms with van der Waals surface area (Å²) in [5, 5.41) is 18.3. The second-order valence-corrected chi connectivity index (χ2v) is 7.38. The number of likely N-dealkylation sites (N-methyl/N-ethyl adjacent to an activating group) is 1. The topological polar surface area (TPSA) is 97.1 Å². The number of nitro benzene ring substituents is 1. The fourth-order valence-electron chi connectivity index (χ4n) is 2.78. The zero-order valence-corrected chi connectivity index (χ0v) is 17.3. The largest absolute Gasteiger partial charge is 0.340 e. The van der Waals surface area contributed by atoms with Crippen molar-refractivity contribution in [2.45, 2.75) is 20.0 Å². The highest BCUT2D eigenvalue weighted by Crippen LogP contribution is 2.23. The smallest absolute Gasteiger partial charge is 0.269 e. The highest BCUT2D eigenvalue weighted by Gasteiger charge is 2.18. The van der Waals surface area contributed by atoms with E-state index < -0.39 is 4.92 Å². The van der Waals surface area contributed by atoms with E-state index in [1.165, 1.54) is 23.1 Å². The van der Waals surface area contributed by atoms with Crippen LogP contribution in [0.5, 0.6) is 0 Å². The van der Waals surface area contributed by atoms with Crippen molar-refractivity contribution in [1.82, 2.24) is 19.7 Å². The van der Waals surface area contributed by atoms with Gasteiger partial charge in [0.25, 0.3) is 5.69 Å². The quantitative estimate of drug-likeness (QED) is 0.359. The third-order valence-corrected chi connectivity index (χ3v) is 5.12. The Kier molecular flexibility index (Phi) is 6.09. The van der Waals surface area contributed by atoms with Gasteiger partial charge in [-0.15, -0.1) is 0 Å². The van der Waals surface area contributed by atoms with Crippen LogP contribution in [0.25, 0.3) is 11.4 Å². The van der Waals surface area contributed by atoms with Crippen molar-refractivity contribution in [2.75, 3.05) is 7.05 Å². The van der Waals surface area contributed by atoms with Gasteiger partial charge < -0.3 is 4.90 Å². The number of aromatic amines is 1. The summed E-state index contributed by atoms with van der Waals surface area (Å²) in [4.78, 5) is 24.7. The third kappa shape index (κ3) is 4.69. The maximum absolute atomic E-state index is 12.8. The van der Waals surface area contributed by atoms with E-state index in [2.05, 4.69) is 10.2 Å². The molecule has 10 heteroatoms. The van der Waals surface area contributed by atoms with Crippen LogP contribution in [0, 0.1) is 21.8 Å². The Morgan fingerprint density at radius 1 is 1.31 bits per heavy atom. The van der Waals surface area contributed by atoms with E-state index in [4.69, 9.17) is 23.8 Å². The molecule has 0 saturated heterocycles. The first-order valence-electron chi connectivity index (χ1n) is 8.65. The van der Waals surface area contributed by atoms with Crippen molar-refractivity contribution in [3.05, 3.63) is 73.5 Å². The number of rotatable bonds is 6. The molecule has 3 aromatic rings. The van der Waals surface area contributed by atoms with E-state index in [0.717, 1.165) is 11.1 Å². The lowest BCUT2D eigenvalue weighted by Gasteiger charge is -2.19. The minimum absolute atomic E-state index is 0.0262. The molecule has 0 radical (unpaired) electrons. The Labute approximate surface area is 176 Å². The maximum atomic E-state index is 12.8. The minimum atomic E-state index is -0.500. The summed E-state index contributed by atoms with van der Waals surface area (Å²) in [6.07, 6.45) is 0. The number of hydrogen-bond acceptors (Lipinski definition) is 5. The lowest BCUT2D eigenvalue weighted by atomic mass is 10.1. The summed E-state index contributed by atoms with van der Waals surface area (Å²) in [5.41, 5.74) is 2.36. The van der Waals surface area contributed by atoms with E-state index in [9.17, 15) is 14.9 Å². The van der Waals surface area contributed by atoms with Crippen LogP contribution in [0.1, 0.15) is 11.1 Å². The average Bonchev–Trinajstić information content (AvgIpc) is 3.04. The molecule has 0 aliphatic heterocycles. The first-order valence-corrected chi connectivity index (χ1v) is 9.44. The molecule has 0 atom stereocenters. The molecule has 0 aliphatic carbocycles. The second kappa shape index (κ2) is 8.54. The standard InChI is InChI=1S/C19H18ClN5O3S/c1-12-3-5-13(6-4-12)18-21-22-19(29)24(18)11-17(26)23(2)10-14-9-15(25(27)28)7-8-16(14)20/h3-9H,10-11H2,1-2H3,(H,22,29). The minimum Gasteiger partial charge on any atom is -0.340 e. The van der Waals surface area contributed by atoms with Gasteiger partial charge in [0, 0.05) is 36.3 Å². The summed E-state index contributed by atoms with van der Waals surface area (Å²) in [7, 11) is 1.60. The van der Waals surface area contributed by atoms with E-state index in [1.807, 2.05) is 31.2 Å². The van der Waals surface area contributed by atoms with Crippen LogP contribution >= 0.6 is 23.8 Å². The number of non-ortho nitro benzene ring substituents is 1. The number of H-pyrrole nitrogens is 1. The van der Waals surface area contributed by atoms with E-state index in [-0.39, 0.29) is 24.7 Å².